The summed E-state index contributed by atoms with van der Waals surface area (Å²) in [5.41, 5.74) is 3.06. The number of para-hydroxylation sites is 1. The van der Waals surface area contributed by atoms with Gasteiger partial charge in [-0.2, -0.15) is 0 Å². The second-order valence-corrected chi connectivity index (χ2v) is 7.03. The Kier molecular flexibility index (Phi) is 4.64. The molecule has 27 heavy (non-hydrogen) atoms. The first-order valence-electron chi connectivity index (χ1n) is 8.37. The first kappa shape index (κ1) is 17.3. The van der Waals surface area contributed by atoms with Crippen LogP contribution in [-0.2, 0) is 0 Å². The van der Waals surface area contributed by atoms with Crippen LogP contribution in [0.4, 0.5) is 5.69 Å². The third kappa shape index (κ3) is 3.43. The molecule has 0 saturated carbocycles. The molecule has 4 aromatic rings. The van der Waals surface area contributed by atoms with Gasteiger partial charge in [-0.3, -0.25) is 14.5 Å². The van der Waals surface area contributed by atoms with Crippen molar-refractivity contribution in [2.45, 2.75) is 12.1 Å². The number of ether oxygens (including phenoxy) is 1. The molecule has 8 heteroatoms. The van der Waals surface area contributed by atoms with E-state index in [1.54, 1.807) is 12.1 Å². The molecule has 0 atom stereocenters. The van der Waals surface area contributed by atoms with Gasteiger partial charge in [0.25, 0.3) is 5.69 Å². The molecule has 0 radical (unpaired) electrons. The number of pyridine rings is 1. The Balaban J connectivity index is 1.49. The number of aryl methyl sites for hydroxylation is 1. The third-order valence-corrected chi connectivity index (χ3v) is 5.08. The van der Waals surface area contributed by atoms with Gasteiger partial charge in [0.15, 0.2) is 10.8 Å². The van der Waals surface area contributed by atoms with Crippen LogP contribution in [0.1, 0.15) is 5.56 Å². The smallest absolute Gasteiger partial charge is 0.273 e. The van der Waals surface area contributed by atoms with Crippen molar-refractivity contribution in [1.82, 2.24) is 14.6 Å². The lowest BCUT2D eigenvalue weighted by molar-refractivity contribution is -0.384. The summed E-state index contributed by atoms with van der Waals surface area (Å²) in [7, 11) is 0. The number of nitrogens with zero attached hydrogens (tertiary/aromatic N) is 4. The molecule has 2 heterocycles. The maximum atomic E-state index is 10.8. The molecule has 0 N–H and O–H groups in total. The largest absolute Gasteiger partial charge is 0.492 e. The molecule has 0 spiro atoms. The zero-order valence-electron chi connectivity index (χ0n) is 14.5. The van der Waals surface area contributed by atoms with E-state index in [4.69, 9.17) is 4.74 Å². The fraction of sp³-hybridized carbons (Fsp3) is 0.158. The lowest BCUT2D eigenvalue weighted by Crippen LogP contribution is -2.02. The van der Waals surface area contributed by atoms with Gasteiger partial charge < -0.3 is 4.74 Å². The number of benzene rings is 2. The molecule has 7 nitrogen and oxygen atoms in total. The van der Waals surface area contributed by atoms with Crippen LogP contribution in [-0.4, -0.2) is 31.9 Å². The van der Waals surface area contributed by atoms with E-state index in [0.717, 1.165) is 21.9 Å². The van der Waals surface area contributed by atoms with Crippen LogP contribution in [0.15, 0.2) is 59.8 Å². The summed E-state index contributed by atoms with van der Waals surface area (Å²) in [6.45, 7) is 2.47. The number of rotatable bonds is 6. The maximum Gasteiger partial charge on any atom is 0.273 e. The lowest BCUT2D eigenvalue weighted by atomic mass is 10.1. The Hall–Kier alpha value is -3.13. The molecule has 0 unspecified atom stereocenters. The SMILES string of the molecule is Cc1cc2nnc(SCCOc3cccc([N+](=O)[O-])c3)n2c2ccccc12. The monoisotopic (exact) mass is 380 g/mol. The molecule has 0 bridgehead atoms. The summed E-state index contributed by atoms with van der Waals surface area (Å²) in [5, 5.41) is 21.4. The number of fused-ring (bicyclic) bond motifs is 3. The van der Waals surface area contributed by atoms with E-state index in [-0.39, 0.29) is 5.69 Å². The fourth-order valence-corrected chi connectivity index (χ4v) is 3.72. The summed E-state index contributed by atoms with van der Waals surface area (Å²) < 4.78 is 7.67. The van der Waals surface area contributed by atoms with Crippen molar-refractivity contribution in [3.63, 3.8) is 0 Å². The molecule has 0 fully saturated rings. The van der Waals surface area contributed by atoms with Crippen molar-refractivity contribution in [3.8, 4) is 5.75 Å². The molecule has 2 aromatic heterocycles. The zero-order chi connectivity index (χ0) is 18.8. The van der Waals surface area contributed by atoms with Gasteiger partial charge >= 0.3 is 0 Å². The van der Waals surface area contributed by atoms with Gasteiger partial charge in [0, 0.05) is 17.2 Å². The van der Waals surface area contributed by atoms with Crippen LogP contribution in [0.25, 0.3) is 16.6 Å². The molecule has 0 aliphatic carbocycles. The maximum absolute atomic E-state index is 10.8. The lowest BCUT2D eigenvalue weighted by Gasteiger charge is -2.08. The Bertz CT molecular complexity index is 1140. The molecule has 0 saturated heterocycles. The fourth-order valence-electron chi connectivity index (χ4n) is 2.95. The standard InChI is InChI=1S/C19H16N4O3S/c1-13-11-18-20-21-19(22(18)17-8-3-2-7-16(13)17)27-10-9-26-15-6-4-5-14(12-15)23(24)25/h2-8,11-12H,9-10H2,1H3. The number of non-ortho nitro benzene ring substituents is 1. The van der Waals surface area contributed by atoms with Crippen molar-refractivity contribution in [1.29, 1.82) is 0 Å². The molecule has 0 amide bonds. The average Bonchev–Trinajstić information content (AvgIpc) is 3.08. The Morgan fingerprint density at radius 3 is 2.85 bits per heavy atom. The number of hydrogen-bond acceptors (Lipinski definition) is 6. The highest BCUT2D eigenvalue weighted by Gasteiger charge is 2.11. The van der Waals surface area contributed by atoms with Crippen LogP contribution >= 0.6 is 11.8 Å². The van der Waals surface area contributed by atoms with E-state index in [9.17, 15) is 10.1 Å². The third-order valence-electron chi connectivity index (χ3n) is 4.19. The van der Waals surface area contributed by atoms with Crippen LogP contribution in [0.5, 0.6) is 5.75 Å². The van der Waals surface area contributed by atoms with Crippen LogP contribution in [0.2, 0.25) is 0 Å². The Labute approximate surface area is 159 Å². The number of thioether (sulfide) groups is 1. The van der Waals surface area contributed by atoms with Gasteiger partial charge in [0.05, 0.1) is 23.1 Å². The van der Waals surface area contributed by atoms with Crippen molar-refractivity contribution < 1.29 is 9.66 Å². The normalized spacial score (nSPS) is 11.1. The molecule has 0 aliphatic heterocycles. The summed E-state index contributed by atoms with van der Waals surface area (Å²) in [5.74, 6) is 1.13. The minimum atomic E-state index is -0.433. The summed E-state index contributed by atoms with van der Waals surface area (Å²) in [6.07, 6.45) is 0. The Morgan fingerprint density at radius 2 is 2.00 bits per heavy atom. The van der Waals surface area contributed by atoms with Gasteiger partial charge in [-0.25, -0.2) is 0 Å². The molecule has 0 aliphatic rings. The van der Waals surface area contributed by atoms with Gasteiger partial charge in [-0.1, -0.05) is 36.0 Å². The van der Waals surface area contributed by atoms with Gasteiger partial charge in [-0.15, -0.1) is 10.2 Å². The minimum Gasteiger partial charge on any atom is -0.492 e. The average molecular weight is 380 g/mol. The van der Waals surface area contributed by atoms with E-state index >= 15 is 0 Å². The number of nitro groups is 1. The van der Waals surface area contributed by atoms with Crippen molar-refractivity contribution in [2.24, 2.45) is 0 Å². The van der Waals surface area contributed by atoms with E-state index in [2.05, 4.69) is 29.3 Å². The highest BCUT2D eigenvalue weighted by molar-refractivity contribution is 7.99. The Morgan fingerprint density at radius 1 is 1.15 bits per heavy atom. The van der Waals surface area contributed by atoms with E-state index in [1.807, 2.05) is 22.6 Å². The van der Waals surface area contributed by atoms with Crippen LogP contribution in [0, 0.1) is 17.0 Å². The van der Waals surface area contributed by atoms with Crippen LogP contribution in [0.3, 0.4) is 0 Å². The number of hydrogen-bond donors (Lipinski definition) is 0. The van der Waals surface area contributed by atoms with Gasteiger partial charge in [0.1, 0.15) is 5.75 Å². The molecular formula is C19H16N4O3S. The quantitative estimate of drug-likeness (QED) is 0.215. The van der Waals surface area contributed by atoms with E-state index in [0.29, 0.717) is 18.1 Å². The van der Waals surface area contributed by atoms with E-state index in [1.165, 1.54) is 29.3 Å². The molecule has 136 valence electrons. The second kappa shape index (κ2) is 7.24. The van der Waals surface area contributed by atoms with Gasteiger partial charge in [0.2, 0.25) is 0 Å². The molecule has 2 aromatic carbocycles. The second-order valence-electron chi connectivity index (χ2n) is 5.97. The highest BCUT2D eigenvalue weighted by atomic mass is 32.2. The predicted octanol–water partition coefficient (Wildman–Crippen LogP) is 4.27. The first-order chi connectivity index (χ1) is 13.1. The number of nitro benzene ring substituents is 1. The van der Waals surface area contributed by atoms with Crippen molar-refractivity contribution in [3.05, 3.63) is 70.3 Å². The topological polar surface area (TPSA) is 82.6 Å². The minimum absolute atomic E-state index is 0.0189. The zero-order valence-corrected chi connectivity index (χ0v) is 15.3. The summed E-state index contributed by atoms with van der Waals surface area (Å²) in [4.78, 5) is 10.4. The van der Waals surface area contributed by atoms with Gasteiger partial charge in [-0.05, 0) is 30.7 Å². The van der Waals surface area contributed by atoms with Crippen molar-refractivity contribution in [2.75, 3.05) is 12.4 Å². The predicted molar refractivity (Wildman–Crippen MR) is 105 cm³/mol. The van der Waals surface area contributed by atoms with Crippen molar-refractivity contribution >= 4 is 34.0 Å². The summed E-state index contributed by atoms with van der Waals surface area (Å²) in [6, 6.07) is 16.4. The van der Waals surface area contributed by atoms with Crippen LogP contribution < -0.4 is 4.74 Å². The molecular weight excluding hydrogens is 364 g/mol. The first-order valence-corrected chi connectivity index (χ1v) is 9.35. The number of aromatic nitrogens is 3. The highest BCUT2D eigenvalue weighted by Crippen LogP contribution is 2.26. The molecule has 4 rings (SSSR count). The summed E-state index contributed by atoms with van der Waals surface area (Å²) >= 11 is 1.54. The van der Waals surface area contributed by atoms with E-state index < -0.39 is 4.92 Å².